The zero-order valence-corrected chi connectivity index (χ0v) is 51.0. The number of fused-ring (bicyclic) bond motifs is 28. The molecule has 8 aliphatic rings. The number of hydrogen-bond donors (Lipinski definition) is 0. The summed E-state index contributed by atoms with van der Waals surface area (Å²) in [5.74, 6) is 8.37. The SMILES string of the molecule is C.C.CC.CC.CC.CC.c1ccc2c(c1)C1=NC2=Nc2c3ccccc3c3n2Cn2c(c4ccccc4c2=NC2=NC(=N3)c3ccccc32)=N1.c1ccc2c(c1)C1=NC2=Nc2c3ccccc3c3n2Cn2c(c4ccccc4c2=NC2=NC(=N3)c3ccccc32)=N1. The molecule has 0 atom stereocenters. The summed E-state index contributed by atoms with van der Waals surface area (Å²) in [6.45, 7) is 16.8. The first kappa shape index (κ1) is 59.4. The highest BCUT2D eigenvalue weighted by atomic mass is 15.3. The summed E-state index contributed by atoms with van der Waals surface area (Å²) in [6, 6.07) is 65.8. The van der Waals surface area contributed by atoms with Crippen LogP contribution in [0.4, 0.5) is 23.3 Å². The molecule has 0 unspecified atom stereocenters. The van der Waals surface area contributed by atoms with Crippen molar-refractivity contribution in [2.45, 2.75) is 83.6 Å². The summed E-state index contributed by atoms with van der Waals surface area (Å²) in [5, 5.41) is 8.03. The van der Waals surface area contributed by atoms with Crippen molar-refractivity contribution in [1.29, 1.82) is 0 Å². The van der Waals surface area contributed by atoms with Crippen LogP contribution in [0.15, 0.2) is 254 Å². The van der Waals surface area contributed by atoms with Gasteiger partial charge in [0.05, 0.1) is 0 Å². The van der Waals surface area contributed by atoms with Gasteiger partial charge >= 0.3 is 0 Å². The van der Waals surface area contributed by atoms with Crippen molar-refractivity contribution in [2.24, 2.45) is 59.9 Å². The second kappa shape index (κ2) is 24.1. The molecule has 16 heteroatoms. The Balaban J connectivity index is 0.000000149. The van der Waals surface area contributed by atoms with Crippen LogP contribution in [0.2, 0.25) is 0 Å². The first-order valence-electron chi connectivity index (χ1n) is 31.0. The minimum absolute atomic E-state index is 0. The van der Waals surface area contributed by atoms with Gasteiger partial charge in [-0.1, -0.05) is 264 Å². The van der Waals surface area contributed by atoms with E-state index in [0.717, 1.165) is 133 Å². The Morgan fingerprint density at radius 3 is 0.554 bits per heavy atom. The predicted octanol–water partition coefficient (Wildman–Crippen LogP) is 15.5. The van der Waals surface area contributed by atoms with Gasteiger partial charge in [-0.25, -0.2) is 59.9 Å². The Labute approximate surface area is 532 Å². The quantitative estimate of drug-likeness (QED) is 0.141. The molecule has 0 saturated carbocycles. The minimum atomic E-state index is 0. The van der Waals surface area contributed by atoms with E-state index in [1.54, 1.807) is 0 Å². The van der Waals surface area contributed by atoms with Crippen LogP contribution in [-0.4, -0.2) is 65.0 Å². The van der Waals surface area contributed by atoms with Gasteiger partial charge in [0.2, 0.25) is 0 Å². The van der Waals surface area contributed by atoms with E-state index >= 15 is 0 Å². The molecule has 452 valence electrons. The maximum atomic E-state index is 5.22. The molecule has 12 bridgehead atoms. The summed E-state index contributed by atoms with van der Waals surface area (Å²) >= 11 is 0. The number of hydrogen-bond acceptors (Lipinski definition) is 12. The second-order valence-electron chi connectivity index (χ2n) is 20.9. The molecule has 0 N–H and O–H groups in total. The molecule has 8 aromatic carbocycles. The third-order valence-corrected chi connectivity index (χ3v) is 16.4. The van der Waals surface area contributed by atoms with Gasteiger partial charge in [-0.2, -0.15) is 0 Å². The zero-order valence-electron chi connectivity index (χ0n) is 51.0. The van der Waals surface area contributed by atoms with Gasteiger partial charge in [0.1, 0.15) is 58.6 Å². The van der Waals surface area contributed by atoms with Gasteiger partial charge in [-0.3, -0.25) is 18.3 Å². The van der Waals surface area contributed by atoms with Crippen LogP contribution in [-0.2, 0) is 13.3 Å². The Bertz CT molecular complexity index is 4910. The molecule has 12 heterocycles. The average Bonchev–Trinajstić information content (AvgIpc) is 1.60. The van der Waals surface area contributed by atoms with Crippen LogP contribution < -0.4 is 22.0 Å². The highest BCUT2D eigenvalue weighted by molar-refractivity contribution is 6.27. The van der Waals surface area contributed by atoms with E-state index in [2.05, 4.69) is 115 Å². The van der Waals surface area contributed by atoms with E-state index in [9.17, 15) is 0 Å². The van der Waals surface area contributed by atoms with E-state index in [0.29, 0.717) is 60.0 Å². The number of amidine groups is 8. The minimum Gasteiger partial charge on any atom is -0.291 e. The van der Waals surface area contributed by atoms with Crippen LogP contribution >= 0.6 is 0 Å². The van der Waals surface area contributed by atoms with Gasteiger partial charge in [0.15, 0.2) is 46.7 Å². The Kier molecular flexibility index (Phi) is 15.6. The standard InChI is InChI=1S/2C33H18N8.4C2H6.2CH4/c2*1-2-10-19-18(9-1)26-34-27(19)37-31-24-15-7-8-16-25(24)33-39-29-21-12-4-3-11-20(21)28(35-29)38-32-23-14-6-5-13-22(23)30(36-26)40(32)17-41(31)33;4*1-2;;/h2*1-16H,17H2;4*1-2H3;2*1H4. The van der Waals surface area contributed by atoms with Crippen LogP contribution in [0, 0.1) is 0 Å². The van der Waals surface area contributed by atoms with Gasteiger partial charge in [0.25, 0.3) is 0 Å². The Morgan fingerprint density at radius 2 is 0.359 bits per heavy atom. The molecule has 4 aromatic heterocycles. The van der Waals surface area contributed by atoms with Crippen molar-refractivity contribution in [2.75, 3.05) is 0 Å². The molecule has 0 aliphatic carbocycles. The van der Waals surface area contributed by atoms with Crippen LogP contribution in [0.3, 0.4) is 0 Å². The lowest BCUT2D eigenvalue weighted by molar-refractivity contribution is 0.584. The second-order valence-corrected chi connectivity index (χ2v) is 20.9. The molecular weight excluding hydrogens is 1140 g/mol. The van der Waals surface area contributed by atoms with Crippen molar-refractivity contribution in [1.82, 2.24) is 18.3 Å². The van der Waals surface area contributed by atoms with E-state index < -0.39 is 0 Å². The molecule has 92 heavy (non-hydrogen) atoms. The number of benzene rings is 8. The third kappa shape index (κ3) is 9.02. The monoisotopic (exact) mass is 1200 g/mol. The van der Waals surface area contributed by atoms with Crippen LogP contribution in [0.1, 0.15) is 115 Å². The highest BCUT2D eigenvalue weighted by Gasteiger charge is 2.32. The topological polar surface area (TPSA) is 168 Å². The summed E-state index contributed by atoms with van der Waals surface area (Å²) in [4.78, 5) is 61.7. The Hall–Kier alpha value is -11.5. The fraction of sp³-hybridized carbons (Fsp3) is 0.158. The number of aromatic nitrogens is 4. The molecule has 0 spiro atoms. The predicted molar refractivity (Wildman–Crippen MR) is 379 cm³/mol. The summed E-state index contributed by atoms with van der Waals surface area (Å²) in [7, 11) is 0. The van der Waals surface area contributed by atoms with Crippen molar-refractivity contribution in [3.63, 3.8) is 0 Å². The van der Waals surface area contributed by atoms with Crippen molar-refractivity contribution < 1.29 is 0 Å². The molecule has 20 rings (SSSR count). The lowest BCUT2D eigenvalue weighted by atomic mass is 10.1. The first-order chi connectivity index (χ1) is 44.6. The first-order valence-corrected chi connectivity index (χ1v) is 31.0. The molecule has 12 aromatic rings. The van der Waals surface area contributed by atoms with E-state index in [4.69, 9.17) is 59.9 Å². The number of rotatable bonds is 0. The zero-order chi connectivity index (χ0) is 61.3. The van der Waals surface area contributed by atoms with Crippen molar-refractivity contribution >= 4 is 113 Å². The van der Waals surface area contributed by atoms with Crippen LogP contribution in [0.25, 0.3) is 43.1 Å². The summed E-state index contributed by atoms with van der Waals surface area (Å²) in [5.41, 5.74) is 10.9. The molecular formula is C76H68N16. The van der Waals surface area contributed by atoms with Crippen molar-refractivity contribution in [3.05, 3.63) is 261 Å². The fourth-order valence-corrected chi connectivity index (χ4v) is 12.7. The lowest BCUT2D eigenvalue weighted by Crippen LogP contribution is -2.32. The van der Waals surface area contributed by atoms with E-state index in [1.165, 1.54) is 0 Å². The maximum Gasteiger partial charge on any atom is 0.164 e. The van der Waals surface area contributed by atoms with E-state index in [1.807, 2.05) is 152 Å². The molecule has 8 aliphatic heterocycles. The average molecular weight is 1210 g/mol. The fourth-order valence-electron chi connectivity index (χ4n) is 12.7. The van der Waals surface area contributed by atoms with Gasteiger partial charge in [-0.15, -0.1) is 0 Å². The summed E-state index contributed by atoms with van der Waals surface area (Å²) < 4.78 is 8.63. The van der Waals surface area contributed by atoms with Gasteiger partial charge < -0.3 is 0 Å². The lowest BCUT2D eigenvalue weighted by Gasteiger charge is -2.12. The molecule has 0 amide bonds. The third-order valence-electron chi connectivity index (χ3n) is 16.4. The maximum absolute atomic E-state index is 5.22. The molecule has 0 radical (unpaired) electrons. The number of nitrogens with zero attached hydrogens (tertiary/aromatic N) is 16. The molecule has 0 saturated heterocycles. The largest absolute Gasteiger partial charge is 0.291 e. The van der Waals surface area contributed by atoms with Gasteiger partial charge in [-0.05, 0) is 0 Å². The van der Waals surface area contributed by atoms with Crippen LogP contribution in [0.5, 0.6) is 0 Å². The highest BCUT2D eigenvalue weighted by Crippen LogP contribution is 2.43. The Morgan fingerprint density at radius 1 is 0.196 bits per heavy atom. The van der Waals surface area contributed by atoms with Crippen molar-refractivity contribution in [3.8, 4) is 0 Å². The molecule has 16 nitrogen and oxygen atoms in total. The summed E-state index contributed by atoms with van der Waals surface area (Å²) in [6.07, 6.45) is 0. The van der Waals surface area contributed by atoms with E-state index in [-0.39, 0.29) is 14.9 Å². The normalized spacial score (nSPS) is 14.3. The van der Waals surface area contributed by atoms with Gasteiger partial charge in [0, 0.05) is 87.6 Å². The number of aliphatic imine (C=N–C) groups is 8. The smallest absolute Gasteiger partial charge is 0.164 e. The molecule has 0 fully saturated rings.